The highest BCUT2D eigenvalue weighted by atomic mass is 14.9. The maximum atomic E-state index is 4.20. The summed E-state index contributed by atoms with van der Waals surface area (Å²) in [5.41, 5.74) is 1.04. The van der Waals surface area contributed by atoms with Gasteiger partial charge in [-0.05, 0) is 12.1 Å². The number of hydrogen-bond donors (Lipinski definition) is 0. The van der Waals surface area contributed by atoms with Gasteiger partial charge in [-0.2, -0.15) is 0 Å². The maximum Gasteiger partial charge on any atom is 0.0604 e. The average Bonchev–Trinajstić information content (AvgIpc) is 2.69. The number of aryl methyl sites for hydroxylation is 2. The second kappa shape index (κ2) is 3.85. The number of hydrogen-bond acceptors (Lipinski definition) is 2. The normalized spacial score (nSPS) is 10.2. The van der Waals surface area contributed by atoms with Gasteiger partial charge in [0.15, 0.2) is 0 Å². The Morgan fingerprint density at radius 1 is 1.15 bits per heavy atom. The predicted molar refractivity (Wildman–Crippen MR) is 50.2 cm³/mol. The average molecular weight is 173 g/mol. The van der Waals surface area contributed by atoms with Gasteiger partial charge in [0.2, 0.25) is 0 Å². The minimum atomic E-state index is 0.933. The minimum Gasteiger partial charge on any atom is -0.354 e. The summed E-state index contributed by atoms with van der Waals surface area (Å²) in [6.45, 7) is 0.964. The molecule has 0 spiro atoms. The molecule has 0 saturated heterocycles. The molecule has 0 unspecified atom stereocenters. The van der Waals surface area contributed by atoms with Crippen LogP contribution in [0.25, 0.3) is 0 Å². The van der Waals surface area contributed by atoms with Crippen LogP contribution in [-0.2, 0) is 13.0 Å². The van der Waals surface area contributed by atoms with E-state index in [2.05, 4.69) is 26.9 Å². The van der Waals surface area contributed by atoms with Crippen LogP contribution in [0.2, 0.25) is 0 Å². The van der Waals surface area contributed by atoms with Gasteiger partial charge < -0.3 is 4.57 Å². The minimum absolute atomic E-state index is 0.933. The molecule has 2 rings (SSSR count). The van der Waals surface area contributed by atoms with Crippen molar-refractivity contribution in [3.63, 3.8) is 0 Å². The van der Waals surface area contributed by atoms with Gasteiger partial charge in [0, 0.05) is 43.9 Å². The molecule has 0 aliphatic heterocycles. The van der Waals surface area contributed by atoms with E-state index < -0.39 is 0 Å². The molecule has 2 aromatic heterocycles. The van der Waals surface area contributed by atoms with Crippen LogP contribution in [-0.4, -0.2) is 14.5 Å². The fourth-order valence-electron chi connectivity index (χ4n) is 1.22. The van der Waals surface area contributed by atoms with Gasteiger partial charge in [0.25, 0.3) is 0 Å². The molecule has 0 radical (unpaired) electrons. The van der Waals surface area contributed by atoms with Crippen molar-refractivity contribution in [1.29, 1.82) is 0 Å². The second-order valence-electron chi connectivity index (χ2n) is 2.87. The van der Waals surface area contributed by atoms with Gasteiger partial charge in [-0.3, -0.25) is 9.97 Å². The Morgan fingerprint density at radius 3 is 2.69 bits per heavy atom. The zero-order chi connectivity index (χ0) is 8.93. The van der Waals surface area contributed by atoms with E-state index in [0.717, 1.165) is 18.7 Å². The van der Waals surface area contributed by atoms with Gasteiger partial charge in [0.05, 0.1) is 5.69 Å². The van der Waals surface area contributed by atoms with Crippen LogP contribution in [0.5, 0.6) is 0 Å². The van der Waals surface area contributed by atoms with Crippen LogP contribution >= 0.6 is 0 Å². The molecular weight excluding hydrogens is 162 g/mol. The van der Waals surface area contributed by atoms with Crippen LogP contribution in [0.1, 0.15) is 5.69 Å². The number of nitrogens with zero attached hydrogens (tertiary/aromatic N) is 3. The topological polar surface area (TPSA) is 30.7 Å². The Balaban J connectivity index is 1.94. The zero-order valence-corrected chi connectivity index (χ0v) is 7.30. The van der Waals surface area contributed by atoms with Crippen molar-refractivity contribution in [2.24, 2.45) is 0 Å². The van der Waals surface area contributed by atoms with Gasteiger partial charge in [0.1, 0.15) is 0 Å². The van der Waals surface area contributed by atoms with Gasteiger partial charge in [-0.25, -0.2) is 0 Å². The van der Waals surface area contributed by atoms with Crippen LogP contribution < -0.4 is 0 Å². The molecule has 0 saturated carbocycles. The Bertz CT molecular complexity index is 340. The van der Waals surface area contributed by atoms with E-state index >= 15 is 0 Å². The number of aromatic nitrogens is 3. The summed E-state index contributed by atoms with van der Waals surface area (Å²) in [6, 6.07) is 4.05. The highest BCUT2D eigenvalue weighted by Crippen LogP contribution is 1.96. The van der Waals surface area contributed by atoms with Gasteiger partial charge >= 0.3 is 0 Å². The van der Waals surface area contributed by atoms with Crippen molar-refractivity contribution in [2.75, 3.05) is 0 Å². The monoisotopic (exact) mass is 173 g/mol. The molecule has 13 heavy (non-hydrogen) atoms. The van der Waals surface area contributed by atoms with Crippen LogP contribution in [0, 0.1) is 0 Å². The van der Waals surface area contributed by atoms with E-state index in [9.17, 15) is 0 Å². The SMILES string of the molecule is c1ccn(CCc2cnccn2)c1. The molecule has 0 atom stereocenters. The summed E-state index contributed by atoms with van der Waals surface area (Å²) in [4.78, 5) is 8.22. The Kier molecular flexibility index (Phi) is 2.36. The quantitative estimate of drug-likeness (QED) is 0.704. The lowest BCUT2D eigenvalue weighted by atomic mass is 10.3. The zero-order valence-electron chi connectivity index (χ0n) is 7.30. The number of rotatable bonds is 3. The highest BCUT2D eigenvalue weighted by molar-refractivity contribution is 4.96. The molecule has 0 amide bonds. The first kappa shape index (κ1) is 7.98. The molecule has 0 aliphatic carbocycles. The Morgan fingerprint density at radius 2 is 2.00 bits per heavy atom. The van der Waals surface area contributed by atoms with E-state index in [-0.39, 0.29) is 0 Å². The summed E-state index contributed by atoms with van der Waals surface area (Å²) >= 11 is 0. The fourth-order valence-corrected chi connectivity index (χ4v) is 1.22. The molecular formula is C10H11N3. The summed E-state index contributed by atoms with van der Waals surface area (Å²) in [5, 5.41) is 0. The van der Waals surface area contributed by atoms with Crippen molar-refractivity contribution >= 4 is 0 Å². The first-order valence-electron chi connectivity index (χ1n) is 4.31. The van der Waals surface area contributed by atoms with Gasteiger partial charge in [-0.15, -0.1) is 0 Å². The van der Waals surface area contributed by atoms with Crippen molar-refractivity contribution in [3.8, 4) is 0 Å². The largest absolute Gasteiger partial charge is 0.354 e. The van der Waals surface area contributed by atoms with Gasteiger partial charge in [-0.1, -0.05) is 0 Å². The lowest BCUT2D eigenvalue weighted by Gasteiger charge is -2.00. The Labute approximate surface area is 77.1 Å². The van der Waals surface area contributed by atoms with Crippen molar-refractivity contribution < 1.29 is 0 Å². The van der Waals surface area contributed by atoms with E-state index in [0.29, 0.717) is 0 Å². The van der Waals surface area contributed by atoms with Crippen LogP contribution in [0.4, 0.5) is 0 Å². The van der Waals surface area contributed by atoms with E-state index in [1.807, 2.05) is 18.3 Å². The van der Waals surface area contributed by atoms with Crippen molar-refractivity contribution in [2.45, 2.75) is 13.0 Å². The summed E-state index contributed by atoms with van der Waals surface area (Å²) in [7, 11) is 0. The van der Waals surface area contributed by atoms with Crippen molar-refractivity contribution in [1.82, 2.24) is 14.5 Å². The molecule has 0 aliphatic rings. The van der Waals surface area contributed by atoms with E-state index in [1.54, 1.807) is 12.4 Å². The van der Waals surface area contributed by atoms with Crippen LogP contribution in [0.15, 0.2) is 43.1 Å². The molecule has 3 heteroatoms. The molecule has 0 aromatic carbocycles. The molecule has 0 fully saturated rings. The fraction of sp³-hybridized carbons (Fsp3) is 0.200. The second-order valence-corrected chi connectivity index (χ2v) is 2.87. The lowest BCUT2D eigenvalue weighted by Crippen LogP contribution is -2.00. The highest BCUT2D eigenvalue weighted by Gasteiger charge is 1.93. The summed E-state index contributed by atoms with van der Waals surface area (Å²) < 4.78 is 2.13. The smallest absolute Gasteiger partial charge is 0.0604 e. The van der Waals surface area contributed by atoms with Crippen molar-refractivity contribution in [3.05, 3.63) is 48.8 Å². The third-order valence-corrected chi connectivity index (χ3v) is 1.91. The molecule has 2 aromatic rings. The first-order valence-corrected chi connectivity index (χ1v) is 4.31. The third-order valence-electron chi connectivity index (χ3n) is 1.91. The lowest BCUT2D eigenvalue weighted by molar-refractivity contribution is 0.687. The van der Waals surface area contributed by atoms with E-state index in [1.165, 1.54) is 0 Å². The third kappa shape index (κ3) is 2.15. The molecule has 3 nitrogen and oxygen atoms in total. The molecule has 0 bridgehead atoms. The summed E-state index contributed by atoms with van der Waals surface area (Å²) in [6.07, 6.45) is 10.3. The molecule has 2 heterocycles. The van der Waals surface area contributed by atoms with Crippen LogP contribution in [0.3, 0.4) is 0 Å². The molecule has 0 N–H and O–H groups in total. The standard InChI is InChI=1S/C10H11N3/c1-2-7-13(6-1)8-3-10-9-11-4-5-12-10/h1-2,4-7,9H,3,8H2. The maximum absolute atomic E-state index is 4.20. The molecule has 66 valence electrons. The Hall–Kier alpha value is -1.64. The van der Waals surface area contributed by atoms with E-state index in [4.69, 9.17) is 0 Å². The predicted octanol–water partition coefficient (Wildman–Crippen LogP) is 1.52. The first-order chi connectivity index (χ1) is 6.45. The summed E-state index contributed by atoms with van der Waals surface area (Å²) in [5.74, 6) is 0.